The number of aliphatic carboxylic acids is 1. The van der Waals surface area contributed by atoms with E-state index in [-0.39, 0.29) is 12.8 Å². The average molecular weight is 371 g/mol. The topological polar surface area (TPSA) is 110 Å². The maximum Gasteiger partial charge on any atom is 0.309 e. The molecule has 0 heterocycles. The van der Waals surface area contributed by atoms with Crippen LogP contribution < -0.4 is 5.32 Å². The van der Waals surface area contributed by atoms with Crippen LogP contribution in [0.4, 0.5) is 0 Å². The lowest BCUT2D eigenvalue weighted by molar-refractivity contribution is -0.159. The smallest absolute Gasteiger partial charge is 0.309 e. The molecule has 0 aromatic carbocycles. The van der Waals surface area contributed by atoms with Crippen molar-refractivity contribution in [3.8, 4) is 0 Å². The van der Waals surface area contributed by atoms with E-state index in [0.29, 0.717) is 0 Å². The molecule has 0 atom stereocenters. The highest BCUT2D eigenvalue weighted by Crippen LogP contribution is 2.27. The number of nitrogens with one attached hydrogen (secondary N) is 1. The van der Waals surface area contributed by atoms with Crippen molar-refractivity contribution < 1.29 is 29.0 Å². The van der Waals surface area contributed by atoms with Gasteiger partial charge in [-0.25, -0.2) is 0 Å². The number of carboxylic acids is 1. The Morgan fingerprint density at radius 1 is 0.808 bits per heavy atom. The van der Waals surface area contributed by atoms with Gasteiger partial charge in [0, 0.05) is 6.42 Å². The predicted molar refractivity (Wildman–Crippen MR) is 97.5 cm³/mol. The third-order valence-corrected chi connectivity index (χ3v) is 3.93. The van der Waals surface area contributed by atoms with E-state index in [1.165, 1.54) is 27.7 Å². The van der Waals surface area contributed by atoms with Gasteiger partial charge >= 0.3 is 11.9 Å². The molecular weight excluding hydrogens is 338 g/mol. The molecular formula is C19H33NO6. The van der Waals surface area contributed by atoms with Crippen LogP contribution in [-0.2, 0) is 23.9 Å². The van der Waals surface area contributed by atoms with Gasteiger partial charge in [0.05, 0.1) is 22.8 Å². The number of hydrogen-bond acceptors (Lipinski definition) is 5. The number of ether oxygens (including phenoxy) is 1. The van der Waals surface area contributed by atoms with Gasteiger partial charge in [0.2, 0.25) is 5.91 Å². The molecule has 150 valence electrons. The summed E-state index contributed by atoms with van der Waals surface area (Å²) in [6.45, 7) is 14.4. The van der Waals surface area contributed by atoms with Crippen LogP contribution in [0.25, 0.3) is 0 Å². The van der Waals surface area contributed by atoms with E-state index in [0.717, 1.165) is 0 Å². The third-order valence-electron chi connectivity index (χ3n) is 3.93. The molecule has 0 rings (SSSR count). The second-order valence-corrected chi connectivity index (χ2v) is 9.52. The molecule has 0 bridgehead atoms. The zero-order chi connectivity index (χ0) is 21.1. The van der Waals surface area contributed by atoms with Gasteiger partial charge in [-0.3, -0.25) is 19.2 Å². The highest BCUT2D eigenvalue weighted by Gasteiger charge is 2.40. The Bertz CT molecular complexity index is 581. The molecule has 7 nitrogen and oxygen atoms in total. The zero-order valence-electron chi connectivity index (χ0n) is 17.4. The highest BCUT2D eigenvalue weighted by atomic mass is 16.6. The van der Waals surface area contributed by atoms with Crippen molar-refractivity contribution in [3.63, 3.8) is 0 Å². The van der Waals surface area contributed by atoms with Crippen LogP contribution >= 0.6 is 0 Å². The normalized spacial score (nSPS) is 13.1. The zero-order valence-corrected chi connectivity index (χ0v) is 17.4. The van der Waals surface area contributed by atoms with Gasteiger partial charge in [-0.05, 0) is 48.5 Å². The number of esters is 1. The lowest BCUT2D eigenvalue weighted by atomic mass is 9.81. The molecule has 0 aromatic heterocycles. The summed E-state index contributed by atoms with van der Waals surface area (Å²) in [4.78, 5) is 48.3. The molecule has 0 radical (unpaired) electrons. The Kier molecular flexibility index (Phi) is 7.19. The maximum absolute atomic E-state index is 12.6. The van der Waals surface area contributed by atoms with Crippen molar-refractivity contribution in [2.24, 2.45) is 10.8 Å². The molecule has 0 saturated carbocycles. The highest BCUT2D eigenvalue weighted by molar-refractivity contribution is 5.96. The molecule has 0 unspecified atom stereocenters. The van der Waals surface area contributed by atoms with Crippen molar-refractivity contribution >= 4 is 23.6 Å². The van der Waals surface area contributed by atoms with Gasteiger partial charge in [-0.15, -0.1) is 0 Å². The van der Waals surface area contributed by atoms with E-state index in [1.807, 2.05) is 0 Å². The number of carbonyl (C=O) groups excluding carboxylic acids is 3. The number of ketones is 1. The van der Waals surface area contributed by atoms with Crippen molar-refractivity contribution in [1.82, 2.24) is 5.32 Å². The van der Waals surface area contributed by atoms with E-state index in [9.17, 15) is 19.2 Å². The SMILES string of the molecule is CC(C)(C)OC(=O)CC(C)(C)C(=O)NC(C)(C)C(=O)CC(C)(C)C(=O)O. The Morgan fingerprint density at radius 3 is 1.65 bits per heavy atom. The van der Waals surface area contributed by atoms with Crippen LogP contribution in [0.15, 0.2) is 0 Å². The fraction of sp³-hybridized carbons (Fsp3) is 0.789. The Balaban J connectivity index is 5.07. The lowest BCUT2D eigenvalue weighted by Gasteiger charge is -2.32. The van der Waals surface area contributed by atoms with Crippen LogP contribution in [0.1, 0.15) is 75.2 Å². The van der Waals surface area contributed by atoms with Crippen LogP contribution in [-0.4, -0.2) is 39.9 Å². The number of Topliss-reactive ketones (excluding diaryl/α,β-unsaturated/α-hetero) is 1. The summed E-state index contributed by atoms with van der Waals surface area (Å²) in [6.07, 6.45) is -0.358. The first-order valence-corrected chi connectivity index (χ1v) is 8.61. The van der Waals surface area contributed by atoms with Gasteiger partial charge in [0.25, 0.3) is 0 Å². The summed E-state index contributed by atoms with van der Waals surface area (Å²) >= 11 is 0. The van der Waals surface area contributed by atoms with Crippen molar-refractivity contribution in [1.29, 1.82) is 0 Å². The fourth-order valence-corrected chi connectivity index (χ4v) is 2.04. The number of carbonyl (C=O) groups is 4. The first kappa shape index (κ1) is 24.1. The van der Waals surface area contributed by atoms with E-state index >= 15 is 0 Å². The molecule has 0 spiro atoms. The summed E-state index contributed by atoms with van der Waals surface area (Å²) in [6, 6.07) is 0. The minimum Gasteiger partial charge on any atom is -0.481 e. The second-order valence-electron chi connectivity index (χ2n) is 9.52. The Labute approximate surface area is 155 Å². The van der Waals surface area contributed by atoms with Crippen LogP contribution in [0.3, 0.4) is 0 Å². The number of carboxylic acid groups (broad SMARTS) is 1. The molecule has 7 heteroatoms. The first-order valence-electron chi connectivity index (χ1n) is 8.61. The lowest BCUT2D eigenvalue weighted by Crippen LogP contribution is -2.55. The summed E-state index contributed by atoms with van der Waals surface area (Å²) in [7, 11) is 0. The molecule has 0 aliphatic heterocycles. The molecule has 0 aliphatic rings. The van der Waals surface area contributed by atoms with Crippen molar-refractivity contribution in [2.75, 3.05) is 0 Å². The standard InChI is InChI=1S/C19H33NO6/c1-16(2,3)26-13(22)11-17(4,5)14(23)20-19(8,9)12(21)10-18(6,7)15(24)25/h10-11H2,1-9H3,(H,20,23)(H,24,25). The molecule has 1 amide bonds. The minimum absolute atomic E-state index is 0.138. The number of amides is 1. The van der Waals surface area contributed by atoms with E-state index < -0.39 is 45.6 Å². The second kappa shape index (κ2) is 7.76. The van der Waals surface area contributed by atoms with Gasteiger partial charge in [0.1, 0.15) is 5.60 Å². The van der Waals surface area contributed by atoms with Gasteiger partial charge in [-0.2, -0.15) is 0 Å². The monoisotopic (exact) mass is 371 g/mol. The van der Waals surface area contributed by atoms with Gasteiger partial charge in [0.15, 0.2) is 5.78 Å². The molecule has 0 saturated heterocycles. The third kappa shape index (κ3) is 7.54. The predicted octanol–water partition coefficient (Wildman–Crippen LogP) is 2.71. The van der Waals surface area contributed by atoms with E-state index in [1.54, 1.807) is 34.6 Å². The Hall–Kier alpha value is -1.92. The Morgan fingerprint density at radius 2 is 1.27 bits per heavy atom. The average Bonchev–Trinajstić information content (AvgIpc) is 2.33. The largest absolute Gasteiger partial charge is 0.481 e. The molecule has 0 aliphatic carbocycles. The molecule has 0 aromatic rings. The number of hydrogen-bond donors (Lipinski definition) is 2. The van der Waals surface area contributed by atoms with Crippen LogP contribution in [0.5, 0.6) is 0 Å². The fourth-order valence-electron chi connectivity index (χ4n) is 2.04. The summed E-state index contributed by atoms with van der Waals surface area (Å²) in [5.41, 5.74) is -4.22. The van der Waals surface area contributed by atoms with Crippen molar-refractivity contribution in [2.45, 2.75) is 86.3 Å². The van der Waals surface area contributed by atoms with Crippen LogP contribution in [0, 0.1) is 10.8 Å². The van der Waals surface area contributed by atoms with E-state index in [4.69, 9.17) is 9.84 Å². The molecule has 26 heavy (non-hydrogen) atoms. The van der Waals surface area contributed by atoms with Crippen LogP contribution in [0.2, 0.25) is 0 Å². The van der Waals surface area contributed by atoms with Gasteiger partial charge < -0.3 is 15.2 Å². The summed E-state index contributed by atoms with van der Waals surface area (Å²) in [5.74, 6) is -2.46. The molecule has 2 N–H and O–H groups in total. The van der Waals surface area contributed by atoms with E-state index in [2.05, 4.69) is 5.32 Å². The summed E-state index contributed by atoms with van der Waals surface area (Å²) in [5, 5.41) is 11.8. The van der Waals surface area contributed by atoms with Gasteiger partial charge in [-0.1, -0.05) is 13.8 Å². The molecule has 0 fully saturated rings. The number of rotatable bonds is 8. The summed E-state index contributed by atoms with van der Waals surface area (Å²) < 4.78 is 5.24. The minimum atomic E-state index is -1.25. The first-order chi connectivity index (χ1) is 11.3. The van der Waals surface area contributed by atoms with Crippen molar-refractivity contribution in [3.05, 3.63) is 0 Å². The quantitative estimate of drug-likeness (QED) is 0.635. The maximum atomic E-state index is 12.6.